The van der Waals surface area contributed by atoms with Gasteiger partial charge in [-0.3, -0.25) is 28.9 Å². The molecule has 2 unspecified atom stereocenters. The molecule has 14 heteroatoms. The summed E-state index contributed by atoms with van der Waals surface area (Å²) in [7, 11) is 3.17. The minimum absolute atomic E-state index is 0.0666. The molecule has 4 atom stereocenters. The monoisotopic (exact) mass is 983 g/mol. The highest BCUT2D eigenvalue weighted by Crippen LogP contribution is 2.38. The third-order valence-electron chi connectivity index (χ3n) is 14.1. The molecule has 4 aromatic rings. The number of methoxy groups -OCH3 is 2. The number of piperidine rings is 2. The molecule has 7 rings (SSSR count). The van der Waals surface area contributed by atoms with Gasteiger partial charge in [-0.25, -0.2) is 4.79 Å². The highest BCUT2D eigenvalue weighted by molar-refractivity contribution is 6.23. The molecule has 4 aromatic carbocycles. The molecule has 4 amide bonds. The number of amides is 4. The lowest BCUT2D eigenvalue weighted by atomic mass is 9.91. The topological polar surface area (TPSA) is 167 Å². The van der Waals surface area contributed by atoms with Crippen molar-refractivity contribution in [3.05, 3.63) is 135 Å². The second kappa shape index (κ2) is 24.6. The van der Waals surface area contributed by atoms with Crippen LogP contribution in [0, 0.1) is 20.8 Å². The van der Waals surface area contributed by atoms with Crippen LogP contribution in [0.3, 0.4) is 0 Å². The smallest absolute Gasteiger partial charge is 0.329 e. The number of nitrogens with zero attached hydrogens (tertiary/aromatic N) is 2. The van der Waals surface area contributed by atoms with Gasteiger partial charge >= 0.3 is 5.97 Å². The third kappa shape index (κ3) is 12.6. The first-order chi connectivity index (χ1) is 34.7. The highest BCUT2D eigenvalue weighted by Gasteiger charge is 2.44. The molecule has 0 bridgehead atoms. The minimum atomic E-state index is -0.851. The fraction of sp³-hybridized carbons (Fsp3) is 0.448. The molecule has 382 valence electrons. The number of hydrogen-bond donors (Lipinski definition) is 1. The number of fused-ring (bicyclic) bond motifs is 1. The van der Waals surface area contributed by atoms with Gasteiger partial charge in [-0.1, -0.05) is 56.0 Å². The fourth-order valence-corrected chi connectivity index (χ4v) is 9.97. The Labute approximate surface area is 423 Å². The van der Waals surface area contributed by atoms with Crippen molar-refractivity contribution >= 4 is 35.4 Å². The number of nitrogens with one attached hydrogen (secondary N) is 1. The van der Waals surface area contributed by atoms with Gasteiger partial charge in [0.05, 0.1) is 31.3 Å². The Morgan fingerprint density at radius 3 is 2.24 bits per heavy atom. The number of rotatable bonds is 23. The summed E-state index contributed by atoms with van der Waals surface area (Å²) in [5.74, 6) is -0.706. The van der Waals surface area contributed by atoms with Crippen molar-refractivity contribution in [2.75, 3.05) is 40.6 Å². The summed E-state index contributed by atoms with van der Waals surface area (Å²) >= 11 is 0. The molecule has 1 N–H and O–H groups in total. The number of carbonyl (C=O) groups excluding carboxylic acids is 6. The van der Waals surface area contributed by atoms with Crippen molar-refractivity contribution < 1.29 is 52.5 Å². The predicted molar refractivity (Wildman–Crippen MR) is 272 cm³/mol. The highest BCUT2D eigenvalue weighted by atomic mass is 16.5. The van der Waals surface area contributed by atoms with Crippen molar-refractivity contribution in [2.24, 2.45) is 0 Å². The van der Waals surface area contributed by atoms with Crippen LogP contribution in [0.1, 0.15) is 143 Å². The lowest BCUT2D eigenvalue weighted by molar-refractivity contribution is -0.162. The van der Waals surface area contributed by atoms with E-state index in [1.165, 1.54) is 11.1 Å². The van der Waals surface area contributed by atoms with E-state index < -0.39 is 47.8 Å². The number of Topliss-reactive ketones (excluding diaryl/α,β-unsaturated/α-hetero) is 1. The Morgan fingerprint density at radius 2 is 1.51 bits per heavy atom. The van der Waals surface area contributed by atoms with E-state index in [0.29, 0.717) is 112 Å². The van der Waals surface area contributed by atoms with Crippen molar-refractivity contribution in [3.63, 3.8) is 0 Å². The molecule has 0 saturated carbocycles. The Kier molecular flexibility index (Phi) is 18.1. The summed E-state index contributed by atoms with van der Waals surface area (Å²) in [4.78, 5) is 83.2. The van der Waals surface area contributed by atoms with Crippen LogP contribution in [-0.2, 0) is 41.5 Å². The van der Waals surface area contributed by atoms with Crippen LogP contribution in [-0.4, -0.2) is 97.8 Å². The van der Waals surface area contributed by atoms with Gasteiger partial charge in [0.2, 0.25) is 11.8 Å². The van der Waals surface area contributed by atoms with Gasteiger partial charge in [0.1, 0.15) is 30.5 Å². The zero-order chi connectivity index (χ0) is 51.5. The van der Waals surface area contributed by atoms with Gasteiger partial charge in [-0.15, -0.1) is 0 Å². The van der Waals surface area contributed by atoms with Gasteiger partial charge in [0.25, 0.3) is 11.8 Å². The molecule has 0 radical (unpaired) electrons. The summed E-state index contributed by atoms with van der Waals surface area (Å²) in [5.41, 5.74) is 8.06. The van der Waals surface area contributed by atoms with Gasteiger partial charge in [-0.2, -0.15) is 0 Å². The summed E-state index contributed by atoms with van der Waals surface area (Å²) in [6.45, 7) is 13.0. The summed E-state index contributed by atoms with van der Waals surface area (Å²) in [6.07, 6.45) is 6.20. The predicted octanol–water partition coefficient (Wildman–Crippen LogP) is 9.19. The third-order valence-corrected chi connectivity index (χ3v) is 14.1. The number of hydrogen-bond acceptors (Lipinski definition) is 11. The number of ketones is 1. The van der Waals surface area contributed by atoms with Crippen molar-refractivity contribution in [2.45, 2.75) is 129 Å². The standard InChI is InChI=1S/C58H69N3O11/c1-8-46(43-32-38(4)53(69-7)52(34-43)68-6)55(64)60-28-10-9-15-50(60)58(67)72-51(27-20-41-18-16-36(2)37(3)31-41)42-21-23-45(24-22-42)71-35-44(62)14-12-30-70-29-11-13-40-19-25-47-48(33-40)57(66)61(56(47)65)49-26-17-39(5)59-54(49)63/h16,18-19,21-25,31-34,46,49-51H,5,8-15,17,20,26-30,35H2,1-4,6-7H3,(H,59,63)/t46-,49?,50-,51?/m0/s1. The van der Waals surface area contributed by atoms with Crippen LogP contribution in [0.15, 0.2) is 85.1 Å². The van der Waals surface area contributed by atoms with Gasteiger partial charge in [0.15, 0.2) is 17.3 Å². The number of allylic oxidation sites excluding steroid dienone is 1. The van der Waals surface area contributed by atoms with Gasteiger partial charge < -0.3 is 33.9 Å². The number of likely N-dealkylation sites (tertiary alicyclic amines) is 1. The molecule has 3 heterocycles. The zero-order valence-electron chi connectivity index (χ0n) is 42.6. The SMILES string of the molecule is C=C1CCC(N2C(=O)c3ccc(CCCOCCCC(=O)COc4ccc(C(CCc5ccc(C)c(C)c5)OC(=O)[C@@H]5CCCCN5C(=O)[C@@H](CC)c5cc(C)c(OC)c(OC)c5)cc4)cc3C2=O)C(=O)N1. The van der Waals surface area contributed by atoms with Crippen molar-refractivity contribution in [1.29, 1.82) is 0 Å². The van der Waals surface area contributed by atoms with Crippen LogP contribution >= 0.6 is 0 Å². The van der Waals surface area contributed by atoms with E-state index in [1.54, 1.807) is 43.4 Å². The molecule has 0 spiro atoms. The van der Waals surface area contributed by atoms with Gasteiger partial charge in [0, 0.05) is 31.9 Å². The summed E-state index contributed by atoms with van der Waals surface area (Å²) in [5, 5.41) is 2.65. The summed E-state index contributed by atoms with van der Waals surface area (Å²) in [6, 6.07) is 21.1. The van der Waals surface area contributed by atoms with E-state index in [0.717, 1.165) is 45.6 Å². The Hall–Kier alpha value is -6.80. The first kappa shape index (κ1) is 53.0. The molecule has 2 fully saturated rings. The molecule has 72 heavy (non-hydrogen) atoms. The van der Waals surface area contributed by atoms with E-state index in [9.17, 15) is 28.8 Å². The van der Waals surface area contributed by atoms with Crippen LogP contribution in [0.25, 0.3) is 0 Å². The maximum absolute atomic E-state index is 14.4. The molecule has 3 aliphatic heterocycles. The maximum atomic E-state index is 14.4. The molecule has 2 saturated heterocycles. The van der Waals surface area contributed by atoms with E-state index in [-0.39, 0.29) is 24.7 Å². The van der Waals surface area contributed by atoms with E-state index >= 15 is 0 Å². The number of ether oxygens (including phenoxy) is 5. The second-order valence-electron chi connectivity index (χ2n) is 19.2. The molecular formula is C58H69N3O11. The van der Waals surface area contributed by atoms with Crippen molar-refractivity contribution in [3.8, 4) is 17.2 Å². The van der Waals surface area contributed by atoms with Crippen LogP contribution in [0.5, 0.6) is 17.2 Å². The number of imide groups is 1. The zero-order valence-corrected chi connectivity index (χ0v) is 42.6. The maximum Gasteiger partial charge on any atom is 0.329 e. The Morgan fingerprint density at radius 1 is 0.778 bits per heavy atom. The molecule has 0 aliphatic carbocycles. The fourth-order valence-electron chi connectivity index (χ4n) is 9.97. The number of benzene rings is 4. The van der Waals surface area contributed by atoms with Crippen molar-refractivity contribution in [1.82, 2.24) is 15.1 Å². The number of carbonyl (C=O) groups is 6. The minimum Gasteiger partial charge on any atom is -0.493 e. The Balaban J connectivity index is 0.893. The second-order valence-corrected chi connectivity index (χ2v) is 19.2. The van der Waals surface area contributed by atoms with Crippen LogP contribution in [0.2, 0.25) is 0 Å². The van der Waals surface area contributed by atoms with Crippen LogP contribution in [0.4, 0.5) is 0 Å². The quantitative estimate of drug-likeness (QED) is 0.0428. The average Bonchev–Trinajstić information content (AvgIpc) is 3.62. The lowest BCUT2D eigenvalue weighted by Gasteiger charge is -2.37. The Bertz CT molecular complexity index is 2660. The molecule has 3 aliphatic rings. The normalized spacial score (nSPS) is 17.5. The van der Waals surface area contributed by atoms with E-state index in [2.05, 4.69) is 43.9 Å². The van der Waals surface area contributed by atoms with Gasteiger partial charge in [-0.05, 0) is 161 Å². The molecule has 0 aromatic heterocycles. The first-order valence-electron chi connectivity index (χ1n) is 25.3. The lowest BCUT2D eigenvalue weighted by Crippen LogP contribution is -2.51. The average molecular weight is 984 g/mol. The summed E-state index contributed by atoms with van der Waals surface area (Å²) < 4.78 is 29.3. The van der Waals surface area contributed by atoms with E-state index in [1.807, 2.05) is 44.2 Å². The number of esters is 1. The molecular weight excluding hydrogens is 915 g/mol. The molecule has 14 nitrogen and oxygen atoms in total. The first-order valence-corrected chi connectivity index (χ1v) is 25.3. The largest absolute Gasteiger partial charge is 0.493 e. The van der Waals surface area contributed by atoms with E-state index in [4.69, 9.17) is 23.7 Å². The van der Waals surface area contributed by atoms with Crippen LogP contribution < -0.4 is 19.5 Å². The number of aryl methyl sites for hydroxylation is 5.